The maximum Gasteiger partial charge on any atom is 0.240 e. The van der Waals surface area contributed by atoms with E-state index in [4.69, 9.17) is 4.74 Å². The van der Waals surface area contributed by atoms with E-state index < -0.39 is 11.2 Å². The summed E-state index contributed by atoms with van der Waals surface area (Å²) < 4.78 is 18.8. The Morgan fingerprint density at radius 2 is 1.76 bits per heavy atom. The second-order valence-corrected chi connectivity index (χ2v) is 7.50. The van der Waals surface area contributed by atoms with E-state index in [9.17, 15) is 14.0 Å². The Morgan fingerprint density at radius 3 is 2.41 bits per heavy atom. The summed E-state index contributed by atoms with van der Waals surface area (Å²) in [5, 5.41) is 2.70. The van der Waals surface area contributed by atoms with Crippen molar-refractivity contribution in [1.29, 1.82) is 0 Å². The first-order valence-electron chi connectivity index (χ1n) is 9.78. The highest BCUT2D eigenvalue weighted by molar-refractivity contribution is 6.13. The molecule has 1 aliphatic carbocycles. The Balaban J connectivity index is 1.39. The van der Waals surface area contributed by atoms with Gasteiger partial charge in [0, 0.05) is 31.9 Å². The van der Waals surface area contributed by atoms with Gasteiger partial charge in [-0.1, -0.05) is 18.2 Å². The Labute approximate surface area is 169 Å². The third-order valence-corrected chi connectivity index (χ3v) is 5.67. The van der Waals surface area contributed by atoms with E-state index in [0.29, 0.717) is 44.7 Å². The molecule has 2 amide bonds. The van der Waals surface area contributed by atoms with E-state index in [2.05, 4.69) is 10.2 Å². The fourth-order valence-electron chi connectivity index (χ4n) is 3.82. The molecule has 1 N–H and O–H groups in total. The fraction of sp³-hybridized carbons (Fsp3) is 0.364. The number of ether oxygens (including phenoxy) is 1. The zero-order valence-corrected chi connectivity index (χ0v) is 16.4. The quantitative estimate of drug-likeness (QED) is 0.788. The first-order valence-corrected chi connectivity index (χ1v) is 9.78. The number of benzene rings is 2. The van der Waals surface area contributed by atoms with Gasteiger partial charge >= 0.3 is 0 Å². The standard InChI is InChI=1S/C22H24FN3O3/c1-29-19-8-3-2-7-18(19)25-11-13-26(14-12-25)21(28)22(9-10-22)20(27)24-17-6-4-5-16(23)15-17/h2-8,15H,9-14H2,1H3,(H,24,27). The van der Waals surface area contributed by atoms with Crippen LogP contribution in [0.1, 0.15) is 12.8 Å². The van der Waals surface area contributed by atoms with Crippen LogP contribution in [0.5, 0.6) is 5.75 Å². The summed E-state index contributed by atoms with van der Waals surface area (Å²) >= 11 is 0. The number of nitrogens with one attached hydrogen (secondary N) is 1. The largest absolute Gasteiger partial charge is 0.495 e. The van der Waals surface area contributed by atoms with Gasteiger partial charge in [0.15, 0.2) is 0 Å². The van der Waals surface area contributed by atoms with Crippen LogP contribution in [0.3, 0.4) is 0 Å². The van der Waals surface area contributed by atoms with Gasteiger partial charge in [0.2, 0.25) is 11.8 Å². The van der Waals surface area contributed by atoms with E-state index in [1.54, 1.807) is 18.1 Å². The van der Waals surface area contributed by atoms with E-state index in [1.807, 2.05) is 24.3 Å². The van der Waals surface area contributed by atoms with Crippen LogP contribution >= 0.6 is 0 Å². The van der Waals surface area contributed by atoms with Gasteiger partial charge in [0.05, 0.1) is 12.8 Å². The minimum Gasteiger partial charge on any atom is -0.495 e. The van der Waals surface area contributed by atoms with Gasteiger partial charge in [0.1, 0.15) is 17.0 Å². The van der Waals surface area contributed by atoms with E-state index >= 15 is 0 Å². The molecule has 0 spiro atoms. The monoisotopic (exact) mass is 397 g/mol. The molecule has 152 valence electrons. The average molecular weight is 397 g/mol. The SMILES string of the molecule is COc1ccccc1N1CCN(C(=O)C2(C(=O)Nc3cccc(F)c3)CC2)CC1. The Morgan fingerprint density at radius 1 is 1.03 bits per heavy atom. The maximum absolute atomic E-state index is 13.4. The molecule has 2 aromatic rings. The van der Waals surface area contributed by atoms with Crippen LogP contribution in [0.4, 0.5) is 15.8 Å². The summed E-state index contributed by atoms with van der Waals surface area (Å²) in [6.07, 6.45) is 1.05. The molecule has 4 rings (SSSR count). The molecular weight excluding hydrogens is 373 g/mol. The maximum atomic E-state index is 13.4. The Kier molecular flexibility index (Phi) is 5.13. The van der Waals surface area contributed by atoms with Crippen LogP contribution in [0.25, 0.3) is 0 Å². The van der Waals surface area contributed by atoms with Crippen molar-refractivity contribution < 1.29 is 18.7 Å². The molecule has 1 aliphatic heterocycles. The molecule has 0 unspecified atom stereocenters. The van der Waals surface area contributed by atoms with Gasteiger partial charge in [-0.2, -0.15) is 0 Å². The molecule has 0 bridgehead atoms. The third-order valence-electron chi connectivity index (χ3n) is 5.67. The third kappa shape index (κ3) is 3.77. The van der Waals surface area contributed by atoms with Crippen LogP contribution in [0.15, 0.2) is 48.5 Å². The molecule has 2 fully saturated rings. The van der Waals surface area contributed by atoms with Gasteiger partial charge in [0.25, 0.3) is 0 Å². The average Bonchev–Trinajstić information content (AvgIpc) is 3.55. The molecule has 6 nitrogen and oxygen atoms in total. The molecule has 7 heteroatoms. The van der Waals surface area contributed by atoms with Gasteiger partial charge in [-0.25, -0.2) is 4.39 Å². The predicted octanol–water partition coefficient (Wildman–Crippen LogP) is 2.90. The molecule has 1 saturated heterocycles. The zero-order chi connectivity index (χ0) is 20.4. The summed E-state index contributed by atoms with van der Waals surface area (Å²) in [6, 6.07) is 13.5. The van der Waals surface area contributed by atoms with Crippen LogP contribution < -0.4 is 15.0 Å². The van der Waals surface area contributed by atoms with Crippen LogP contribution in [0, 0.1) is 11.2 Å². The van der Waals surface area contributed by atoms with Crippen molar-refractivity contribution in [3.05, 3.63) is 54.3 Å². The van der Waals surface area contributed by atoms with Gasteiger partial charge < -0.3 is 19.9 Å². The number of nitrogens with zero attached hydrogens (tertiary/aromatic N) is 2. The van der Waals surface area contributed by atoms with Gasteiger partial charge in [-0.3, -0.25) is 9.59 Å². The van der Waals surface area contributed by atoms with Crippen molar-refractivity contribution in [2.75, 3.05) is 43.5 Å². The summed E-state index contributed by atoms with van der Waals surface area (Å²) in [5.41, 5.74) is 0.362. The number of para-hydroxylation sites is 2. The van der Waals surface area contributed by atoms with Crippen LogP contribution in [-0.4, -0.2) is 50.0 Å². The predicted molar refractivity (Wildman–Crippen MR) is 108 cm³/mol. The molecule has 29 heavy (non-hydrogen) atoms. The van der Waals surface area contributed by atoms with E-state index in [0.717, 1.165) is 11.4 Å². The first-order chi connectivity index (χ1) is 14.0. The molecule has 2 aromatic carbocycles. The molecule has 1 saturated carbocycles. The molecule has 1 heterocycles. The van der Waals surface area contributed by atoms with Crippen LogP contribution in [0.2, 0.25) is 0 Å². The van der Waals surface area contributed by atoms with E-state index in [-0.39, 0.29) is 11.8 Å². The number of anilines is 2. The lowest BCUT2D eigenvalue weighted by molar-refractivity contribution is -0.142. The number of amides is 2. The van der Waals surface area contributed by atoms with Crippen molar-refractivity contribution in [1.82, 2.24) is 4.90 Å². The number of hydrogen-bond donors (Lipinski definition) is 1. The molecule has 0 radical (unpaired) electrons. The van der Waals surface area contributed by atoms with Crippen molar-refractivity contribution in [2.45, 2.75) is 12.8 Å². The second-order valence-electron chi connectivity index (χ2n) is 7.50. The summed E-state index contributed by atoms with van der Waals surface area (Å²) in [4.78, 5) is 29.8. The highest BCUT2D eigenvalue weighted by Gasteiger charge is 2.58. The number of hydrogen-bond acceptors (Lipinski definition) is 4. The van der Waals surface area contributed by atoms with E-state index in [1.165, 1.54) is 18.2 Å². The van der Waals surface area contributed by atoms with Gasteiger partial charge in [-0.05, 0) is 43.2 Å². The van der Waals surface area contributed by atoms with Gasteiger partial charge in [-0.15, -0.1) is 0 Å². The lowest BCUT2D eigenvalue weighted by Crippen LogP contribution is -2.52. The number of rotatable bonds is 5. The highest BCUT2D eigenvalue weighted by Crippen LogP contribution is 2.48. The summed E-state index contributed by atoms with van der Waals surface area (Å²) in [5.74, 6) is -0.0989. The number of carbonyl (C=O) groups is 2. The number of methoxy groups -OCH3 is 1. The normalized spacial score (nSPS) is 17.6. The topological polar surface area (TPSA) is 61.9 Å². The van der Waals surface area contributed by atoms with Crippen molar-refractivity contribution in [2.24, 2.45) is 5.41 Å². The molecule has 0 aromatic heterocycles. The molecular formula is C22H24FN3O3. The number of piperazine rings is 1. The second kappa shape index (κ2) is 7.73. The zero-order valence-electron chi connectivity index (χ0n) is 16.4. The fourth-order valence-corrected chi connectivity index (χ4v) is 3.82. The Hall–Kier alpha value is -3.09. The minimum absolute atomic E-state index is 0.133. The van der Waals surface area contributed by atoms with Crippen molar-refractivity contribution >= 4 is 23.2 Å². The lowest BCUT2D eigenvalue weighted by atomic mass is 10.0. The summed E-state index contributed by atoms with van der Waals surface area (Å²) in [6.45, 7) is 2.44. The summed E-state index contributed by atoms with van der Waals surface area (Å²) in [7, 11) is 1.65. The number of halogens is 1. The van der Waals surface area contributed by atoms with Crippen LogP contribution in [-0.2, 0) is 9.59 Å². The van der Waals surface area contributed by atoms with Crippen molar-refractivity contribution in [3.8, 4) is 5.75 Å². The molecule has 2 aliphatic rings. The smallest absolute Gasteiger partial charge is 0.240 e. The Bertz CT molecular complexity index is 921. The molecule has 0 atom stereocenters. The number of carbonyl (C=O) groups excluding carboxylic acids is 2. The highest BCUT2D eigenvalue weighted by atomic mass is 19.1. The first kappa shape index (κ1) is 19.2. The van der Waals surface area contributed by atoms with Crippen molar-refractivity contribution in [3.63, 3.8) is 0 Å². The minimum atomic E-state index is -1.01. The lowest BCUT2D eigenvalue weighted by Gasteiger charge is -2.38.